The van der Waals surface area contributed by atoms with Crippen LogP contribution in [0, 0.1) is 5.41 Å². The van der Waals surface area contributed by atoms with E-state index in [0.717, 1.165) is 5.56 Å². The smallest absolute Gasteiger partial charge is 0.471 e. The summed E-state index contributed by atoms with van der Waals surface area (Å²) in [5.74, 6) is -1.30. The summed E-state index contributed by atoms with van der Waals surface area (Å²) in [7, 11) is 1.46. The Morgan fingerprint density at radius 1 is 1.03 bits per heavy atom. The van der Waals surface area contributed by atoms with Gasteiger partial charge in [0.1, 0.15) is 12.4 Å². The number of halogens is 3. The van der Waals surface area contributed by atoms with Crippen molar-refractivity contribution < 1.29 is 27.4 Å². The van der Waals surface area contributed by atoms with Crippen molar-refractivity contribution >= 4 is 17.4 Å². The summed E-state index contributed by atoms with van der Waals surface area (Å²) >= 11 is 0. The molecule has 0 aliphatic carbocycles. The van der Waals surface area contributed by atoms with Gasteiger partial charge in [-0.1, -0.05) is 36.4 Å². The van der Waals surface area contributed by atoms with Crippen LogP contribution in [0.25, 0.3) is 0 Å². The molecule has 0 saturated carbocycles. The third kappa shape index (κ3) is 7.13. The summed E-state index contributed by atoms with van der Waals surface area (Å²) in [6.07, 6.45) is -5.00. The number of benzene rings is 3. The number of hydrogen-bond acceptors (Lipinski definition) is 5. The maximum Gasteiger partial charge on any atom is 0.471 e. The second-order valence-electron chi connectivity index (χ2n) is 7.58. The number of amides is 1. The first-order valence-corrected chi connectivity index (χ1v) is 10.6. The Morgan fingerprint density at radius 2 is 1.71 bits per heavy atom. The van der Waals surface area contributed by atoms with E-state index in [4.69, 9.17) is 20.6 Å². The van der Waals surface area contributed by atoms with Gasteiger partial charge >= 0.3 is 12.1 Å². The molecule has 0 fully saturated rings. The van der Waals surface area contributed by atoms with Gasteiger partial charge in [-0.25, -0.2) is 0 Å². The highest BCUT2D eigenvalue weighted by molar-refractivity contribution is 5.95. The number of nitrogen functional groups attached to an aromatic ring is 1. The largest absolute Gasteiger partial charge is 0.493 e. The molecule has 7 nitrogen and oxygen atoms in total. The van der Waals surface area contributed by atoms with Crippen molar-refractivity contribution in [2.45, 2.75) is 18.8 Å². The fourth-order valence-electron chi connectivity index (χ4n) is 3.25. The SMILES string of the molecule is COc1cc(C(CNC(=O)C(F)(F)F)Nc2ccc(C(=N)N)cc2)ccc1OCc1ccccc1. The highest BCUT2D eigenvalue weighted by Gasteiger charge is 2.38. The van der Waals surface area contributed by atoms with Gasteiger partial charge in [-0.3, -0.25) is 10.2 Å². The van der Waals surface area contributed by atoms with E-state index in [1.165, 1.54) is 7.11 Å². The van der Waals surface area contributed by atoms with Crippen molar-refractivity contribution in [3.05, 3.63) is 89.5 Å². The number of hydrogen-bond donors (Lipinski definition) is 4. The van der Waals surface area contributed by atoms with Crippen molar-refractivity contribution in [1.29, 1.82) is 5.41 Å². The van der Waals surface area contributed by atoms with Gasteiger partial charge in [-0.2, -0.15) is 13.2 Å². The summed E-state index contributed by atoms with van der Waals surface area (Å²) < 4.78 is 49.5. The maximum absolute atomic E-state index is 12.7. The maximum atomic E-state index is 12.7. The van der Waals surface area contributed by atoms with Crippen LogP contribution in [0.3, 0.4) is 0 Å². The zero-order chi connectivity index (χ0) is 25.4. The number of nitrogens with two attached hydrogens (primary N) is 1. The molecule has 3 aromatic carbocycles. The first-order chi connectivity index (χ1) is 16.7. The number of nitrogens with one attached hydrogen (secondary N) is 3. The van der Waals surface area contributed by atoms with Gasteiger partial charge in [0.2, 0.25) is 0 Å². The van der Waals surface area contributed by atoms with Crippen LogP contribution >= 0.6 is 0 Å². The molecule has 5 N–H and O–H groups in total. The fraction of sp³-hybridized carbons (Fsp3) is 0.200. The molecule has 3 rings (SSSR count). The molecule has 0 bridgehead atoms. The minimum Gasteiger partial charge on any atom is -0.493 e. The minimum absolute atomic E-state index is 0.110. The summed E-state index contributed by atoms with van der Waals surface area (Å²) in [6.45, 7) is -0.0391. The Kier molecular flexibility index (Phi) is 8.19. The lowest BCUT2D eigenvalue weighted by Crippen LogP contribution is -2.40. The number of ether oxygens (including phenoxy) is 2. The van der Waals surface area contributed by atoms with Crippen LogP contribution in [0.2, 0.25) is 0 Å². The van der Waals surface area contributed by atoms with E-state index < -0.39 is 18.1 Å². The number of anilines is 1. The number of amidine groups is 1. The molecule has 0 aliphatic rings. The predicted octanol–water partition coefficient (Wildman–Crippen LogP) is 4.39. The first kappa shape index (κ1) is 25.4. The van der Waals surface area contributed by atoms with Crippen LogP contribution in [-0.2, 0) is 11.4 Å². The molecule has 0 aromatic heterocycles. The van der Waals surface area contributed by atoms with Crippen molar-refractivity contribution in [3.8, 4) is 11.5 Å². The number of carbonyl (C=O) groups is 1. The van der Waals surface area contributed by atoms with Crippen LogP contribution in [0.1, 0.15) is 22.7 Å². The number of alkyl halides is 3. The minimum atomic E-state index is -5.00. The number of methoxy groups -OCH3 is 1. The molecular formula is C25H25F3N4O3. The zero-order valence-corrected chi connectivity index (χ0v) is 18.9. The molecule has 35 heavy (non-hydrogen) atoms. The normalized spacial score (nSPS) is 11.9. The van der Waals surface area contributed by atoms with Gasteiger partial charge in [-0.15, -0.1) is 0 Å². The Morgan fingerprint density at radius 3 is 2.31 bits per heavy atom. The van der Waals surface area contributed by atoms with Crippen molar-refractivity contribution in [2.24, 2.45) is 5.73 Å². The molecular weight excluding hydrogens is 461 g/mol. The average molecular weight is 486 g/mol. The van der Waals surface area contributed by atoms with Crippen molar-refractivity contribution in [2.75, 3.05) is 19.0 Å². The Bertz CT molecular complexity index is 1150. The Hall–Kier alpha value is -4.21. The lowest BCUT2D eigenvalue weighted by atomic mass is 10.0. The van der Waals surface area contributed by atoms with Crippen molar-refractivity contribution in [3.63, 3.8) is 0 Å². The second-order valence-corrected chi connectivity index (χ2v) is 7.58. The van der Waals surface area contributed by atoms with E-state index in [2.05, 4.69) is 5.32 Å². The van der Waals surface area contributed by atoms with E-state index in [1.54, 1.807) is 42.5 Å². The van der Waals surface area contributed by atoms with E-state index in [0.29, 0.717) is 34.9 Å². The molecule has 0 radical (unpaired) electrons. The summed E-state index contributed by atoms with van der Waals surface area (Å²) in [4.78, 5) is 11.4. The molecule has 1 amide bonds. The Labute approximate surface area is 200 Å². The van der Waals surface area contributed by atoms with Crippen LogP contribution in [0.15, 0.2) is 72.8 Å². The van der Waals surface area contributed by atoms with E-state index in [1.807, 2.05) is 35.6 Å². The van der Waals surface area contributed by atoms with Gasteiger partial charge in [0, 0.05) is 17.8 Å². The highest BCUT2D eigenvalue weighted by atomic mass is 19.4. The van der Waals surface area contributed by atoms with Crippen LogP contribution in [0.5, 0.6) is 11.5 Å². The fourth-order valence-corrected chi connectivity index (χ4v) is 3.25. The lowest BCUT2D eigenvalue weighted by Gasteiger charge is -2.23. The predicted molar refractivity (Wildman–Crippen MR) is 127 cm³/mol. The third-order valence-electron chi connectivity index (χ3n) is 5.09. The number of rotatable bonds is 10. The topological polar surface area (TPSA) is 109 Å². The summed E-state index contributed by atoms with van der Waals surface area (Å²) in [5.41, 5.74) is 8.05. The van der Waals surface area contributed by atoms with E-state index >= 15 is 0 Å². The van der Waals surface area contributed by atoms with Gasteiger partial charge in [0.05, 0.1) is 13.2 Å². The van der Waals surface area contributed by atoms with Crippen LogP contribution in [0.4, 0.5) is 18.9 Å². The quantitative estimate of drug-likeness (QED) is 0.251. The van der Waals surface area contributed by atoms with Crippen LogP contribution in [-0.4, -0.2) is 31.6 Å². The van der Waals surface area contributed by atoms with Gasteiger partial charge < -0.3 is 25.8 Å². The second kappa shape index (κ2) is 11.3. The van der Waals surface area contributed by atoms with Crippen molar-refractivity contribution in [1.82, 2.24) is 5.32 Å². The molecule has 0 spiro atoms. The molecule has 0 heterocycles. The third-order valence-corrected chi connectivity index (χ3v) is 5.09. The first-order valence-electron chi connectivity index (χ1n) is 10.6. The van der Waals surface area contributed by atoms with Gasteiger partial charge in [-0.05, 0) is 47.5 Å². The monoisotopic (exact) mass is 486 g/mol. The molecule has 3 aromatic rings. The van der Waals surface area contributed by atoms with E-state index in [9.17, 15) is 18.0 Å². The molecule has 0 aliphatic heterocycles. The van der Waals surface area contributed by atoms with Gasteiger partial charge in [0.25, 0.3) is 0 Å². The average Bonchev–Trinajstić information content (AvgIpc) is 2.85. The molecule has 184 valence electrons. The number of carbonyl (C=O) groups excluding carboxylic acids is 1. The van der Waals surface area contributed by atoms with Gasteiger partial charge in [0.15, 0.2) is 11.5 Å². The molecule has 10 heteroatoms. The Balaban J connectivity index is 1.82. The summed E-state index contributed by atoms with van der Waals surface area (Å²) in [6, 6.07) is 20.3. The molecule has 1 unspecified atom stereocenters. The van der Waals surface area contributed by atoms with Crippen LogP contribution < -0.4 is 25.8 Å². The molecule has 1 atom stereocenters. The summed E-state index contributed by atoms with van der Waals surface area (Å²) in [5, 5.41) is 12.5. The standard InChI is InChI=1S/C25H25F3N4O3/c1-34-22-13-18(9-12-21(22)35-15-16-5-3-2-4-6-16)20(14-31-24(33)25(26,27)28)32-19-10-7-17(8-11-19)23(29)30/h2-13,20,32H,14-15H2,1H3,(H3,29,30)(H,31,33). The molecule has 0 saturated heterocycles. The highest BCUT2D eigenvalue weighted by Crippen LogP contribution is 2.32. The lowest BCUT2D eigenvalue weighted by molar-refractivity contribution is -0.173. The zero-order valence-electron chi connectivity index (χ0n) is 18.9. The van der Waals surface area contributed by atoms with E-state index in [-0.39, 0.29) is 12.4 Å².